The fourth-order valence-corrected chi connectivity index (χ4v) is 3.78. The van der Waals surface area contributed by atoms with Crippen LogP contribution in [0.4, 0.5) is 0 Å². The Hall–Kier alpha value is -0.520. The molecule has 0 saturated carbocycles. The van der Waals surface area contributed by atoms with Gasteiger partial charge in [0.15, 0.2) is 0 Å². The number of rotatable bonds is 6. The number of piperidine rings is 1. The fraction of sp³-hybridized carbons (Fsp3) is 0.562. The Morgan fingerprint density at radius 2 is 2.10 bits per heavy atom. The van der Waals surface area contributed by atoms with Gasteiger partial charge in [0.05, 0.1) is 0 Å². The van der Waals surface area contributed by atoms with Crippen molar-refractivity contribution in [3.63, 3.8) is 0 Å². The van der Waals surface area contributed by atoms with E-state index >= 15 is 0 Å². The van der Waals surface area contributed by atoms with Gasteiger partial charge in [0.25, 0.3) is 0 Å². The second-order valence-corrected chi connectivity index (χ2v) is 7.46. The van der Waals surface area contributed by atoms with Gasteiger partial charge < -0.3 is 10.6 Å². The van der Waals surface area contributed by atoms with Crippen LogP contribution >= 0.6 is 27.7 Å². The van der Waals surface area contributed by atoms with Gasteiger partial charge in [-0.3, -0.25) is 4.79 Å². The highest BCUT2D eigenvalue weighted by molar-refractivity contribution is 9.10. The van der Waals surface area contributed by atoms with Crippen LogP contribution in [-0.2, 0) is 4.79 Å². The van der Waals surface area contributed by atoms with Gasteiger partial charge in [0.2, 0.25) is 5.91 Å². The standard InChI is InChI=1S/C16H23BrN2OS/c17-13-6-8-15(9-7-13)21-11-3-5-16(20)19-10-2-1-4-14(19)12-18/h6-9,14H,1-5,10-12,18H2. The minimum atomic E-state index is 0.269. The lowest BCUT2D eigenvalue weighted by Crippen LogP contribution is -2.47. The largest absolute Gasteiger partial charge is 0.338 e. The summed E-state index contributed by atoms with van der Waals surface area (Å²) in [5.74, 6) is 1.26. The van der Waals surface area contributed by atoms with E-state index in [0.717, 1.165) is 36.0 Å². The number of thioether (sulfide) groups is 1. The molecule has 1 atom stereocenters. The van der Waals surface area contributed by atoms with Gasteiger partial charge in [-0.25, -0.2) is 0 Å². The van der Waals surface area contributed by atoms with Crippen molar-refractivity contribution in [2.75, 3.05) is 18.8 Å². The number of hydrogen-bond acceptors (Lipinski definition) is 3. The van der Waals surface area contributed by atoms with E-state index in [1.807, 2.05) is 28.8 Å². The van der Waals surface area contributed by atoms with Crippen molar-refractivity contribution in [1.29, 1.82) is 0 Å². The number of benzene rings is 1. The van der Waals surface area contributed by atoms with Crippen LogP contribution in [0.3, 0.4) is 0 Å². The van der Waals surface area contributed by atoms with Crippen LogP contribution < -0.4 is 5.73 Å². The summed E-state index contributed by atoms with van der Waals surface area (Å²) in [6.45, 7) is 1.49. The number of nitrogens with zero attached hydrogens (tertiary/aromatic N) is 1. The fourth-order valence-electron chi connectivity index (χ4n) is 2.66. The van der Waals surface area contributed by atoms with Crippen LogP contribution in [0.25, 0.3) is 0 Å². The van der Waals surface area contributed by atoms with E-state index in [-0.39, 0.29) is 11.9 Å². The Labute approximate surface area is 139 Å². The molecule has 116 valence electrons. The molecule has 1 aromatic rings. The Balaban J connectivity index is 1.70. The van der Waals surface area contributed by atoms with Gasteiger partial charge >= 0.3 is 0 Å². The summed E-state index contributed by atoms with van der Waals surface area (Å²) in [4.78, 5) is 15.5. The van der Waals surface area contributed by atoms with Crippen LogP contribution in [0.2, 0.25) is 0 Å². The molecule has 0 spiro atoms. The van der Waals surface area contributed by atoms with Gasteiger partial charge in [-0.2, -0.15) is 0 Å². The average molecular weight is 371 g/mol. The molecule has 0 aromatic heterocycles. The predicted molar refractivity (Wildman–Crippen MR) is 92.5 cm³/mol. The lowest BCUT2D eigenvalue weighted by molar-refractivity contribution is -0.134. The smallest absolute Gasteiger partial charge is 0.222 e. The summed E-state index contributed by atoms with van der Waals surface area (Å²) in [5.41, 5.74) is 5.77. The molecule has 0 radical (unpaired) electrons. The van der Waals surface area contributed by atoms with Crippen LogP contribution in [0.1, 0.15) is 32.1 Å². The number of halogens is 1. The first-order valence-corrected chi connectivity index (χ1v) is 9.36. The number of hydrogen-bond donors (Lipinski definition) is 1. The Morgan fingerprint density at radius 1 is 1.33 bits per heavy atom. The third kappa shape index (κ3) is 5.31. The summed E-state index contributed by atoms with van der Waals surface area (Å²) < 4.78 is 1.10. The minimum Gasteiger partial charge on any atom is -0.338 e. The van der Waals surface area contributed by atoms with E-state index in [1.54, 1.807) is 0 Å². The lowest BCUT2D eigenvalue weighted by Gasteiger charge is -2.35. The molecule has 1 aliphatic rings. The highest BCUT2D eigenvalue weighted by Crippen LogP contribution is 2.22. The topological polar surface area (TPSA) is 46.3 Å². The molecule has 1 unspecified atom stereocenters. The Morgan fingerprint density at radius 3 is 2.81 bits per heavy atom. The maximum Gasteiger partial charge on any atom is 0.222 e. The number of carbonyl (C=O) groups excluding carboxylic acids is 1. The summed E-state index contributed by atoms with van der Waals surface area (Å²) in [7, 11) is 0. The van der Waals surface area contributed by atoms with E-state index < -0.39 is 0 Å². The normalized spacial score (nSPS) is 18.8. The van der Waals surface area contributed by atoms with E-state index in [2.05, 4.69) is 28.1 Å². The molecule has 5 heteroatoms. The van der Waals surface area contributed by atoms with Crippen molar-refractivity contribution in [3.8, 4) is 0 Å². The number of carbonyl (C=O) groups is 1. The van der Waals surface area contributed by atoms with Gasteiger partial charge in [-0.15, -0.1) is 11.8 Å². The van der Waals surface area contributed by atoms with Crippen molar-refractivity contribution in [2.24, 2.45) is 5.73 Å². The van der Waals surface area contributed by atoms with Gasteiger partial charge in [-0.05, 0) is 55.7 Å². The quantitative estimate of drug-likeness (QED) is 0.613. The SMILES string of the molecule is NCC1CCCCN1C(=O)CCCSc1ccc(Br)cc1. The van der Waals surface area contributed by atoms with Crippen molar-refractivity contribution in [3.05, 3.63) is 28.7 Å². The summed E-state index contributed by atoms with van der Waals surface area (Å²) >= 11 is 5.24. The molecule has 3 nitrogen and oxygen atoms in total. The minimum absolute atomic E-state index is 0.269. The molecule has 1 aromatic carbocycles. The molecular weight excluding hydrogens is 348 g/mol. The number of amides is 1. The summed E-state index contributed by atoms with van der Waals surface area (Å²) in [6.07, 6.45) is 4.95. The second kappa shape index (κ2) is 8.81. The highest BCUT2D eigenvalue weighted by atomic mass is 79.9. The van der Waals surface area contributed by atoms with E-state index in [4.69, 9.17) is 5.73 Å². The first-order valence-electron chi connectivity index (χ1n) is 7.58. The van der Waals surface area contributed by atoms with E-state index in [1.165, 1.54) is 11.3 Å². The molecule has 21 heavy (non-hydrogen) atoms. The van der Waals surface area contributed by atoms with Crippen LogP contribution in [-0.4, -0.2) is 35.7 Å². The van der Waals surface area contributed by atoms with Crippen LogP contribution in [0.15, 0.2) is 33.6 Å². The predicted octanol–water partition coefficient (Wildman–Crippen LogP) is 3.66. The highest BCUT2D eigenvalue weighted by Gasteiger charge is 2.24. The average Bonchev–Trinajstić information content (AvgIpc) is 2.53. The summed E-state index contributed by atoms with van der Waals surface area (Å²) in [5, 5.41) is 0. The van der Waals surface area contributed by atoms with Crippen molar-refractivity contribution >= 4 is 33.6 Å². The third-order valence-electron chi connectivity index (χ3n) is 3.84. The molecule has 0 aliphatic carbocycles. The zero-order valence-electron chi connectivity index (χ0n) is 12.3. The maximum absolute atomic E-state index is 12.3. The summed E-state index contributed by atoms with van der Waals surface area (Å²) in [6, 6.07) is 8.57. The zero-order chi connectivity index (χ0) is 15.1. The Kier molecular flexibility index (Phi) is 7.07. The monoisotopic (exact) mass is 370 g/mol. The van der Waals surface area contributed by atoms with Crippen LogP contribution in [0.5, 0.6) is 0 Å². The van der Waals surface area contributed by atoms with E-state index in [0.29, 0.717) is 13.0 Å². The molecular formula is C16H23BrN2OS. The van der Waals surface area contributed by atoms with Gasteiger partial charge in [0, 0.05) is 34.9 Å². The first-order chi connectivity index (χ1) is 10.2. The van der Waals surface area contributed by atoms with E-state index in [9.17, 15) is 4.79 Å². The first kappa shape index (κ1) is 16.8. The second-order valence-electron chi connectivity index (χ2n) is 5.38. The maximum atomic E-state index is 12.3. The Bertz CT molecular complexity index is 452. The molecule has 1 amide bonds. The molecule has 1 fully saturated rings. The lowest BCUT2D eigenvalue weighted by atomic mass is 10.0. The molecule has 2 N–H and O–H groups in total. The molecule has 1 saturated heterocycles. The van der Waals surface area contributed by atoms with Crippen molar-refractivity contribution in [1.82, 2.24) is 4.90 Å². The van der Waals surface area contributed by atoms with Crippen LogP contribution in [0, 0.1) is 0 Å². The van der Waals surface area contributed by atoms with Crippen molar-refractivity contribution in [2.45, 2.75) is 43.0 Å². The molecule has 1 heterocycles. The van der Waals surface area contributed by atoms with Gasteiger partial charge in [-0.1, -0.05) is 15.9 Å². The third-order valence-corrected chi connectivity index (χ3v) is 5.46. The number of nitrogens with two attached hydrogens (primary N) is 1. The molecule has 2 rings (SSSR count). The van der Waals surface area contributed by atoms with Gasteiger partial charge in [0.1, 0.15) is 0 Å². The van der Waals surface area contributed by atoms with Crippen molar-refractivity contribution < 1.29 is 4.79 Å². The molecule has 0 bridgehead atoms. The zero-order valence-corrected chi connectivity index (χ0v) is 14.7. The molecule has 1 aliphatic heterocycles. The number of likely N-dealkylation sites (tertiary alicyclic amines) is 1.